The van der Waals surface area contributed by atoms with Crippen molar-refractivity contribution in [2.24, 2.45) is 0 Å². The molecule has 2 fully saturated rings. The molecule has 3 rings (SSSR count). The lowest BCUT2D eigenvalue weighted by Crippen LogP contribution is -2.60. The van der Waals surface area contributed by atoms with Crippen molar-refractivity contribution in [3.05, 3.63) is 17.5 Å². The highest BCUT2D eigenvalue weighted by molar-refractivity contribution is 5.78. The third-order valence-electron chi connectivity index (χ3n) is 4.59. The van der Waals surface area contributed by atoms with E-state index in [1.807, 2.05) is 0 Å². The SMILES string of the molecule is CCCCn1cc(CN2CC[C@H]3OCC(=O)N[C@H]3C2)c(C)n1. The Morgan fingerprint density at radius 3 is 3.18 bits per heavy atom. The van der Waals surface area contributed by atoms with E-state index in [9.17, 15) is 4.79 Å². The predicted molar refractivity (Wildman–Crippen MR) is 83.4 cm³/mol. The van der Waals surface area contributed by atoms with Crippen molar-refractivity contribution in [2.45, 2.75) is 58.3 Å². The van der Waals surface area contributed by atoms with Crippen LogP contribution in [-0.2, 0) is 22.6 Å². The number of hydrogen-bond acceptors (Lipinski definition) is 4. The number of nitrogens with one attached hydrogen (secondary N) is 1. The molecule has 0 unspecified atom stereocenters. The number of unbranched alkanes of at least 4 members (excludes halogenated alkanes) is 1. The zero-order valence-corrected chi connectivity index (χ0v) is 13.5. The third-order valence-corrected chi connectivity index (χ3v) is 4.59. The Labute approximate surface area is 131 Å². The summed E-state index contributed by atoms with van der Waals surface area (Å²) in [7, 11) is 0. The van der Waals surface area contributed by atoms with Crippen LogP contribution in [0.4, 0.5) is 0 Å². The molecular formula is C16H26N4O2. The number of likely N-dealkylation sites (tertiary alicyclic amines) is 1. The lowest BCUT2D eigenvalue weighted by Gasteiger charge is -2.41. The standard InChI is InChI=1S/C16H26N4O2/c1-3-4-6-20-9-13(12(2)18-20)8-19-7-5-15-14(10-19)17-16(21)11-22-15/h9,14-15H,3-8,10-11H2,1-2H3,(H,17,21)/t14-,15+/m0/s1. The molecule has 6 nitrogen and oxygen atoms in total. The summed E-state index contributed by atoms with van der Waals surface area (Å²) in [6, 6.07) is 0.130. The van der Waals surface area contributed by atoms with Crippen molar-refractivity contribution >= 4 is 5.91 Å². The summed E-state index contributed by atoms with van der Waals surface area (Å²) in [5.41, 5.74) is 2.40. The Bertz CT molecular complexity index is 528. The topological polar surface area (TPSA) is 59.4 Å². The van der Waals surface area contributed by atoms with Gasteiger partial charge in [0.05, 0.1) is 17.8 Å². The number of hydrogen-bond donors (Lipinski definition) is 1. The largest absolute Gasteiger partial charge is 0.366 e. The second kappa shape index (κ2) is 6.79. The average molecular weight is 306 g/mol. The lowest BCUT2D eigenvalue weighted by molar-refractivity contribution is -0.140. The van der Waals surface area contributed by atoms with Crippen molar-refractivity contribution in [3.63, 3.8) is 0 Å². The highest BCUT2D eigenvalue weighted by atomic mass is 16.5. The van der Waals surface area contributed by atoms with Crippen molar-refractivity contribution in [3.8, 4) is 0 Å². The van der Waals surface area contributed by atoms with Gasteiger partial charge in [0.2, 0.25) is 5.91 Å². The first-order chi connectivity index (χ1) is 10.7. The van der Waals surface area contributed by atoms with Crippen molar-refractivity contribution in [1.29, 1.82) is 0 Å². The van der Waals surface area contributed by atoms with E-state index >= 15 is 0 Å². The number of morpholine rings is 1. The minimum Gasteiger partial charge on any atom is -0.366 e. The molecule has 2 atom stereocenters. The van der Waals surface area contributed by atoms with E-state index in [2.05, 4.69) is 40.0 Å². The van der Waals surface area contributed by atoms with E-state index in [0.29, 0.717) is 0 Å². The van der Waals surface area contributed by atoms with Gasteiger partial charge >= 0.3 is 0 Å². The maximum absolute atomic E-state index is 11.5. The molecule has 1 aromatic rings. The van der Waals surface area contributed by atoms with Crippen LogP contribution in [0, 0.1) is 6.92 Å². The van der Waals surface area contributed by atoms with Gasteiger partial charge in [-0.3, -0.25) is 14.4 Å². The Kier molecular flexibility index (Phi) is 4.78. The van der Waals surface area contributed by atoms with Crippen LogP contribution >= 0.6 is 0 Å². The molecule has 3 heterocycles. The first-order valence-electron chi connectivity index (χ1n) is 8.32. The average Bonchev–Trinajstić information content (AvgIpc) is 2.85. The summed E-state index contributed by atoms with van der Waals surface area (Å²) in [5.74, 6) is 0.00617. The molecule has 22 heavy (non-hydrogen) atoms. The van der Waals surface area contributed by atoms with Gasteiger partial charge in [-0.05, 0) is 19.8 Å². The maximum atomic E-state index is 11.5. The van der Waals surface area contributed by atoms with Crippen LogP contribution in [0.25, 0.3) is 0 Å². The molecule has 0 saturated carbocycles. The Balaban J connectivity index is 1.59. The number of amides is 1. The molecule has 1 amide bonds. The number of aromatic nitrogens is 2. The molecule has 1 aromatic heterocycles. The molecule has 0 aliphatic carbocycles. The van der Waals surface area contributed by atoms with Gasteiger partial charge in [0.15, 0.2) is 0 Å². The molecule has 6 heteroatoms. The summed E-state index contributed by atoms with van der Waals surface area (Å²) in [6.45, 7) is 8.25. The normalized spacial score (nSPS) is 25.8. The minimum absolute atomic E-state index is 0.00617. The smallest absolute Gasteiger partial charge is 0.246 e. The van der Waals surface area contributed by atoms with Gasteiger partial charge < -0.3 is 10.1 Å². The molecular weight excluding hydrogens is 280 g/mol. The van der Waals surface area contributed by atoms with Crippen LogP contribution < -0.4 is 5.32 Å². The molecule has 2 saturated heterocycles. The summed E-state index contributed by atoms with van der Waals surface area (Å²) in [6.07, 6.45) is 5.68. The highest BCUT2D eigenvalue weighted by Crippen LogP contribution is 2.20. The van der Waals surface area contributed by atoms with Gasteiger partial charge in [-0.25, -0.2) is 0 Å². The number of ether oxygens (including phenoxy) is 1. The monoisotopic (exact) mass is 306 g/mol. The van der Waals surface area contributed by atoms with Gasteiger partial charge in [-0.15, -0.1) is 0 Å². The summed E-state index contributed by atoms with van der Waals surface area (Å²) < 4.78 is 7.67. The van der Waals surface area contributed by atoms with E-state index in [-0.39, 0.29) is 24.7 Å². The molecule has 2 aliphatic rings. The van der Waals surface area contributed by atoms with Crippen molar-refractivity contribution < 1.29 is 9.53 Å². The number of aryl methyl sites for hydroxylation is 2. The zero-order chi connectivity index (χ0) is 15.5. The second-order valence-electron chi connectivity index (χ2n) is 6.40. The van der Waals surface area contributed by atoms with Crippen LogP contribution in [0.3, 0.4) is 0 Å². The Hall–Kier alpha value is -1.40. The number of nitrogens with zero attached hydrogens (tertiary/aromatic N) is 3. The third kappa shape index (κ3) is 3.50. The summed E-state index contributed by atoms with van der Waals surface area (Å²) in [5, 5.41) is 7.66. The van der Waals surface area contributed by atoms with Crippen molar-refractivity contribution in [1.82, 2.24) is 20.0 Å². The van der Waals surface area contributed by atoms with Gasteiger partial charge in [0.1, 0.15) is 6.61 Å². The summed E-state index contributed by atoms with van der Waals surface area (Å²) >= 11 is 0. The molecule has 0 bridgehead atoms. The Morgan fingerprint density at radius 2 is 2.36 bits per heavy atom. The number of rotatable bonds is 5. The Morgan fingerprint density at radius 1 is 1.50 bits per heavy atom. The van der Waals surface area contributed by atoms with Crippen LogP contribution in [0.2, 0.25) is 0 Å². The van der Waals surface area contributed by atoms with Crippen LogP contribution in [-0.4, -0.2) is 52.4 Å². The zero-order valence-electron chi connectivity index (χ0n) is 13.5. The second-order valence-corrected chi connectivity index (χ2v) is 6.40. The first-order valence-corrected chi connectivity index (χ1v) is 8.32. The maximum Gasteiger partial charge on any atom is 0.246 e. The van der Waals surface area contributed by atoms with E-state index in [4.69, 9.17) is 4.74 Å². The molecule has 0 spiro atoms. The highest BCUT2D eigenvalue weighted by Gasteiger charge is 2.34. The molecule has 2 aliphatic heterocycles. The lowest BCUT2D eigenvalue weighted by atomic mass is 10.00. The molecule has 0 aromatic carbocycles. The van der Waals surface area contributed by atoms with Crippen molar-refractivity contribution in [2.75, 3.05) is 19.7 Å². The summed E-state index contributed by atoms with van der Waals surface area (Å²) in [4.78, 5) is 13.9. The number of fused-ring (bicyclic) bond motifs is 1. The van der Waals surface area contributed by atoms with E-state index in [0.717, 1.165) is 44.7 Å². The first kappa shape index (κ1) is 15.5. The van der Waals surface area contributed by atoms with E-state index in [1.165, 1.54) is 12.0 Å². The van der Waals surface area contributed by atoms with Crippen LogP contribution in [0.15, 0.2) is 6.20 Å². The fourth-order valence-electron chi connectivity index (χ4n) is 3.30. The van der Waals surface area contributed by atoms with Gasteiger partial charge in [0, 0.05) is 37.9 Å². The van der Waals surface area contributed by atoms with Crippen LogP contribution in [0.1, 0.15) is 37.4 Å². The molecule has 122 valence electrons. The van der Waals surface area contributed by atoms with Gasteiger partial charge in [0.25, 0.3) is 0 Å². The number of piperidine rings is 1. The molecule has 1 N–H and O–H groups in total. The fourth-order valence-corrected chi connectivity index (χ4v) is 3.30. The van der Waals surface area contributed by atoms with Gasteiger partial charge in [-0.2, -0.15) is 5.10 Å². The van der Waals surface area contributed by atoms with E-state index < -0.39 is 0 Å². The quantitative estimate of drug-likeness (QED) is 0.884. The van der Waals surface area contributed by atoms with Gasteiger partial charge in [-0.1, -0.05) is 13.3 Å². The number of carbonyl (C=O) groups is 1. The fraction of sp³-hybridized carbons (Fsp3) is 0.750. The van der Waals surface area contributed by atoms with Crippen LogP contribution in [0.5, 0.6) is 0 Å². The number of carbonyl (C=O) groups excluding carboxylic acids is 1. The molecule has 0 radical (unpaired) electrons. The predicted octanol–water partition coefficient (Wildman–Crippen LogP) is 1.08. The minimum atomic E-state index is 0.00617. The van der Waals surface area contributed by atoms with E-state index in [1.54, 1.807) is 0 Å².